The van der Waals surface area contributed by atoms with Crippen molar-refractivity contribution < 1.29 is 9.59 Å². The Labute approximate surface area is 209 Å². The lowest BCUT2D eigenvalue weighted by atomic mass is 9.49. The maximum atomic E-state index is 13.2. The molecule has 2 heterocycles. The molecule has 0 radical (unpaired) electrons. The van der Waals surface area contributed by atoms with E-state index in [4.69, 9.17) is 0 Å². The van der Waals surface area contributed by atoms with Crippen molar-refractivity contribution >= 4 is 33.6 Å². The Balaban J connectivity index is 1.12. The molecule has 0 atom stereocenters. The number of amides is 2. The Morgan fingerprint density at radius 2 is 1.76 bits per heavy atom. The molecule has 34 heavy (non-hydrogen) atoms. The standard InChI is InChI=1S/C27H31BrN4O2/c28-22-4-2-1-3-20(22)10-25(34)32-6-5-21-23(15-32)29-16-30-26(21)31-24(33)14-27-11-17-7-18(12-27)9-19(8-17)13-27/h1-4,16-19H,5-15H2,(H,29,30,31,33). The number of benzene rings is 1. The summed E-state index contributed by atoms with van der Waals surface area (Å²) in [4.78, 5) is 36.8. The largest absolute Gasteiger partial charge is 0.336 e. The van der Waals surface area contributed by atoms with Gasteiger partial charge in [0.25, 0.3) is 0 Å². The van der Waals surface area contributed by atoms with Crippen LogP contribution in [0.1, 0.15) is 61.8 Å². The average molecular weight is 523 g/mol. The van der Waals surface area contributed by atoms with E-state index in [1.165, 1.54) is 44.9 Å². The van der Waals surface area contributed by atoms with Gasteiger partial charge in [0, 0.05) is 23.0 Å². The molecule has 2 aromatic rings. The van der Waals surface area contributed by atoms with Crippen molar-refractivity contribution in [2.75, 3.05) is 11.9 Å². The van der Waals surface area contributed by atoms with Gasteiger partial charge in [-0.15, -0.1) is 0 Å². The first-order valence-electron chi connectivity index (χ1n) is 12.6. The fourth-order valence-corrected chi connectivity index (χ4v) is 8.04. The maximum absolute atomic E-state index is 13.2. The Hall–Kier alpha value is -2.28. The van der Waals surface area contributed by atoms with Crippen LogP contribution < -0.4 is 5.32 Å². The highest BCUT2D eigenvalue weighted by Crippen LogP contribution is 2.61. The molecular formula is C27H31BrN4O2. The van der Waals surface area contributed by atoms with Gasteiger partial charge in [-0.25, -0.2) is 9.97 Å². The molecule has 6 nitrogen and oxygen atoms in total. The van der Waals surface area contributed by atoms with Crippen molar-refractivity contribution in [1.82, 2.24) is 14.9 Å². The van der Waals surface area contributed by atoms with Crippen LogP contribution in [0, 0.1) is 23.2 Å². The molecule has 4 bridgehead atoms. The molecule has 4 aliphatic carbocycles. The molecule has 4 fully saturated rings. The van der Waals surface area contributed by atoms with Gasteiger partial charge in [-0.1, -0.05) is 34.1 Å². The number of carbonyl (C=O) groups excluding carboxylic acids is 2. The lowest BCUT2D eigenvalue weighted by Gasteiger charge is -2.56. The van der Waals surface area contributed by atoms with Gasteiger partial charge < -0.3 is 10.2 Å². The summed E-state index contributed by atoms with van der Waals surface area (Å²) in [5, 5.41) is 3.14. The summed E-state index contributed by atoms with van der Waals surface area (Å²) in [6.07, 6.45) is 11.0. The molecule has 0 spiro atoms. The van der Waals surface area contributed by atoms with Gasteiger partial charge in [0.15, 0.2) is 0 Å². The minimum absolute atomic E-state index is 0.0866. The molecule has 0 unspecified atom stereocenters. The molecule has 7 heteroatoms. The summed E-state index contributed by atoms with van der Waals surface area (Å²) in [5.74, 6) is 3.33. The summed E-state index contributed by atoms with van der Waals surface area (Å²) in [6, 6.07) is 7.83. The molecule has 7 rings (SSSR count). The van der Waals surface area contributed by atoms with Gasteiger partial charge in [0.2, 0.25) is 11.8 Å². The number of nitrogens with zero attached hydrogens (tertiary/aromatic N) is 3. The number of hydrogen-bond donors (Lipinski definition) is 1. The van der Waals surface area contributed by atoms with E-state index in [-0.39, 0.29) is 17.2 Å². The summed E-state index contributed by atoms with van der Waals surface area (Å²) >= 11 is 3.53. The first-order valence-corrected chi connectivity index (χ1v) is 13.4. The first kappa shape index (κ1) is 22.2. The zero-order chi connectivity index (χ0) is 23.3. The molecule has 1 aromatic heterocycles. The molecule has 178 valence electrons. The van der Waals surface area contributed by atoms with Crippen LogP contribution in [0.5, 0.6) is 0 Å². The zero-order valence-electron chi connectivity index (χ0n) is 19.4. The lowest BCUT2D eigenvalue weighted by Crippen LogP contribution is -2.47. The van der Waals surface area contributed by atoms with Crippen molar-refractivity contribution in [3.63, 3.8) is 0 Å². The molecule has 2 amide bonds. The lowest BCUT2D eigenvalue weighted by molar-refractivity contribution is -0.131. The topological polar surface area (TPSA) is 75.2 Å². The van der Waals surface area contributed by atoms with Crippen LogP contribution >= 0.6 is 15.9 Å². The molecule has 1 aromatic carbocycles. The number of anilines is 1. The van der Waals surface area contributed by atoms with E-state index in [0.29, 0.717) is 38.2 Å². The summed E-state index contributed by atoms with van der Waals surface area (Å²) < 4.78 is 0.951. The maximum Gasteiger partial charge on any atom is 0.227 e. The van der Waals surface area contributed by atoms with E-state index in [1.807, 2.05) is 29.2 Å². The van der Waals surface area contributed by atoms with Crippen molar-refractivity contribution in [2.45, 2.75) is 64.3 Å². The zero-order valence-corrected chi connectivity index (χ0v) is 21.0. The predicted octanol–water partition coefficient (Wildman–Crippen LogP) is 4.91. The highest BCUT2D eigenvalue weighted by molar-refractivity contribution is 9.10. The number of aromatic nitrogens is 2. The van der Waals surface area contributed by atoms with E-state index in [2.05, 4.69) is 31.2 Å². The number of halogens is 1. The van der Waals surface area contributed by atoms with Crippen molar-refractivity contribution in [1.29, 1.82) is 0 Å². The van der Waals surface area contributed by atoms with Gasteiger partial charge in [-0.2, -0.15) is 0 Å². The van der Waals surface area contributed by atoms with E-state index >= 15 is 0 Å². The number of rotatable bonds is 5. The van der Waals surface area contributed by atoms with Gasteiger partial charge >= 0.3 is 0 Å². The van der Waals surface area contributed by atoms with Crippen LogP contribution in [0.4, 0.5) is 5.82 Å². The van der Waals surface area contributed by atoms with Crippen LogP contribution in [0.2, 0.25) is 0 Å². The second kappa shape index (κ2) is 8.74. The second-order valence-corrected chi connectivity index (χ2v) is 12.0. The quantitative estimate of drug-likeness (QED) is 0.605. The van der Waals surface area contributed by atoms with E-state index in [9.17, 15) is 9.59 Å². The monoisotopic (exact) mass is 522 g/mol. The second-order valence-electron chi connectivity index (χ2n) is 11.1. The third kappa shape index (κ3) is 4.28. The van der Waals surface area contributed by atoms with Crippen LogP contribution in [0.15, 0.2) is 35.1 Å². The van der Waals surface area contributed by atoms with E-state index in [0.717, 1.165) is 39.0 Å². The SMILES string of the molecule is O=C(CC12CC3CC(CC(C3)C1)C2)Nc1ncnc2c1CCN(C(=O)Cc1ccccc1Br)C2. The molecule has 1 aliphatic heterocycles. The van der Waals surface area contributed by atoms with Gasteiger partial charge in [0.05, 0.1) is 18.7 Å². The van der Waals surface area contributed by atoms with E-state index in [1.54, 1.807) is 0 Å². The van der Waals surface area contributed by atoms with Crippen LogP contribution in [0.3, 0.4) is 0 Å². The number of nitrogens with one attached hydrogen (secondary N) is 1. The van der Waals surface area contributed by atoms with Crippen LogP contribution in [-0.2, 0) is 29.0 Å². The molecular weight excluding hydrogens is 492 g/mol. The Bertz CT molecular complexity index is 1100. The molecule has 0 saturated heterocycles. The minimum atomic E-state index is 0.0866. The van der Waals surface area contributed by atoms with Gasteiger partial charge in [-0.05, 0) is 79.7 Å². The highest BCUT2D eigenvalue weighted by atomic mass is 79.9. The predicted molar refractivity (Wildman–Crippen MR) is 133 cm³/mol. The van der Waals surface area contributed by atoms with Crippen molar-refractivity contribution in [3.8, 4) is 0 Å². The number of hydrogen-bond acceptors (Lipinski definition) is 4. The average Bonchev–Trinajstić information content (AvgIpc) is 2.79. The third-order valence-electron chi connectivity index (χ3n) is 8.62. The molecule has 4 saturated carbocycles. The fourth-order valence-electron chi connectivity index (χ4n) is 7.61. The first-order chi connectivity index (χ1) is 16.5. The molecule has 5 aliphatic rings. The Kier molecular flexibility index (Phi) is 5.71. The Morgan fingerprint density at radius 1 is 1.06 bits per heavy atom. The summed E-state index contributed by atoms with van der Waals surface area (Å²) in [7, 11) is 0. The minimum Gasteiger partial charge on any atom is -0.336 e. The Morgan fingerprint density at radius 3 is 2.47 bits per heavy atom. The number of carbonyl (C=O) groups is 2. The smallest absolute Gasteiger partial charge is 0.227 e. The highest BCUT2D eigenvalue weighted by Gasteiger charge is 2.51. The fraction of sp³-hybridized carbons (Fsp3) is 0.556. The van der Waals surface area contributed by atoms with Crippen molar-refractivity contribution in [3.05, 3.63) is 51.9 Å². The van der Waals surface area contributed by atoms with Crippen molar-refractivity contribution in [2.24, 2.45) is 23.2 Å². The van der Waals surface area contributed by atoms with Gasteiger partial charge in [-0.3, -0.25) is 9.59 Å². The summed E-state index contributed by atoms with van der Waals surface area (Å²) in [5.41, 5.74) is 3.01. The molecule has 1 N–H and O–H groups in total. The summed E-state index contributed by atoms with van der Waals surface area (Å²) in [6.45, 7) is 1.07. The van der Waals surface area contributed by atoms with Gasteiger partial charge in [0.1, 0.15) is 12.1 Å². The van der Waals surface area contributed by atoms with Crippen LogP contribution in [0.25, 0.3) is 0 Å². The normalized spacial score (nSPS) is 29.1. The number of fused-ring (bicyclic) bond motifs is 1. The van der Waals surface area contributed by atoms with Crippen LogP contribution in [-0.4, -0.2) is 33.2 Å². The third-order valence-corrected chi connectivity index (χ3v) is 9.39. The van der Waals surface area contributed by atoms with E-state index < -0.39 is 0 Å².